The topological polar surface area (TPSA) is 15.6 Å². The second kappa shape index (κ2) is 4.80. The first-order chi connectivity index (χ1) is 6.61. The van der Waals surface area contributed by atoms with E-state index in [9.17, 15) is 0 Å². The summed E-state index contributed by atoms with van der Waals surface area (Å²) in [5, 5.41) is 6.39. The molecule has 1 aliphatic rings. The Bertz CT molecular complexity index is 308. The van der Waals surface area contributed by atoms with Gasteiger partial charge in [0.1, 0.15) is 0 Å². The van der Waals surface area contributed by atoms with Crippen LogP contribution in [0.1, 0.15) is 26.7 Å². The molecule has 0 unspecified atom stereocenters. The zero-order chi connectivity index (χ0) is 10.6. The van der Waals surface area contributed by atoms with Gasteiger partial charge in [0.25, 0.3) is 0 Å². The first kappa shape index (κ1) is 10.8. The largest absolute Gasteiger partial charge is 0.272 e. The predicted molar refractivity (Wildman–Crippen MR) is 62.1 cm³/mol. The molecule has 0 radical (unpaired) electrons. The lowest BCUT2D eigenvalue weighted by Gasteiger charge is -2.19. The first-order valence-corrected chi connectivity index (χ1v) is 4.92. The summed E-state index contributed by atoms with van der Waals surface area (Å²) in [6.45, 7) is 7.82. The molecule has 2 heteroatoms. The van der Waals surface area contributed by atoms with Gasteiger partial charge in [-0.1, -0.05) is 18.7 Å². The van der Waals surface area contributed by atoms with Gasteiger partial charge < -0.3 is 0 Å². The Labute approximate surface area is 86.3 Å². The van der Waals surface area contributed by atoms with Gasteiger partial charge in [-0.2, -0.15) is 5.10 Å². The lowest BCUT2D eigenvalue weighted by atomic mass is 10.1. The maximum absolute atomic E-state index is 4.45. The van der Waals surface area contributed by atoms with Gasteiger partial charge in [0.2, 0.25) is 0 Å². The lowest BCUT2D eigenvalue weighted by molar-refractivity contribution is 0.426. The van der Waals surface area contributed by atoms with Crippen molar-refractivity contribution >= 4 is 5.71 Å². The van der Waals surface area contributed by atoms with Gasteiger partial charge >= 0.3 is 0 Å². The molecule has 0 aliphatic heterocycles. The Morgan fingerprint density at radius 2 is 2.21 bits per heavy atom. The lowest BCUT2D eigenvalue weighted by Crippen LogP contribution is -2.14. The van der Waals surface area contributed by atoms with Crippen LogP contribution in [0.4, 0.5) is 0 Å². The van der Waals surface area contributed by atoms with Crippen molar-refractivity contribution in [2.24, 2.45) is 5.10 Å². The molecule has 0 fully saturated rings. The van der Waals surface area contributed by atoms with Gasteiger partial charge in [-0.15, -0.1) is 0 Å². The van der Waals surface area contributed by atoms with E-state index in [1.807, 2.05) is 25.9 Å². The van der Waals surface area contributed by atoms with E-state index >= 15 is 0 Å². The van der Waals surface area contributed by atoms with E-state index in [4.69, 9.17) is 0 Å². The number of allylic oxidation sites excluding steroid dienone is 5. The van der Waals surface area contributed by atoms with Crippen LogP contribution in [0.25, 0.3) is 0 Å². The van der Waals surface area contributed by atoms with Crippen molar-refractivity contribution in [2.45, 2.75) is 26.7 Å². The van der Waals surface area contributed by atoms with Crippen LogP contribution < -0.4 is 0 Å². The fourth-order valence-corrected chi connectivity index (χ4v) is 1.23. The smallest absolute Gasteiger partial charge is 0.0601 e. The summed E-state index contributed by atoms with van der Waals surface area (Å²) in [5.41, 5.74) is 3.26. The zero-order valence-electron chi connectivity index (χ0n) is 9.25. The minimum absolute atomic E-state index is 0.989. The molecule has 1 rings (SSSR count). The quantitative estimate of drug-likeness (QED) is 0.493. The highest BCUT2D eigenvalue weighted by Crippen LogP contribution is 2.15. The summed E-state index contributed by atoms with van der Waals surface area (Å²) in [7, 11) is 1.98. The molecule has 76 valence electrons. The van der Waals surface area contributed by atoms with Crippen LogP contribution in [0.3, 0.4) is 0 Å². The van der Waals surface area contributed by atoms with Crippen molar-refractivity contribution in [1.82, 2.24) is 5.01 Å². The van der Waals surface area contributed by atoms with E-state index < -0.39 is 0 Å². The van der Waals surface area contributed by atoms with Gasteiger partial charge in [-0.3, -0.25) is 5.01 Å². The number of nitrogens with zero attached hydrogens (tertiary/aromatic N) is 2. The Kier molecular flexibility index (Phi) is 3.69. The molecule has 0 aromatic rings. The summed E-state index contributed by atoms with van der Waals surface area (Å²) in [6.07, 6.45) is 8.55. The summed E-state index contributed by atoms with van der Waals surface area (Å²) in [6, 6.07) is 0. The highest BCUT2D eigenvalue weighted by molar-refractivity contribution is 5.96. The SMILES string of the molecule is C=C(C)/C(C)=N\N(C)C1=CC=CCC1. The Morgan fingerprint density at radius 1 is 1.50 bits per heavy atom. The van der Waals surface area contributed by atoms with Crippen molar-refractivity contribution in [1.29, 1.82) is 0 Å². The average molecular weight is 190 g/mol. The van der Waals surface area contributed by atoms with Gasteiger partial charge in [-0.25, -0.2) is 0 Å². The molecule has 0 N–H and O–H groups in total. The molecule has 14 heavy (non-hydrogen) atoms. The van der Waals surface area contributed by atoms with Gasteiger partial charge in [0.05, 0.1) is 5.71 Å². The number of rotatable bonds is 3. The second-order valence-corrected chi connectivity index (χ2v) is 3.61. The molecule has 0 aromatic carbocycles. The van der Waals surface area contributed by atoms with Gasteiger partial charge in [0.15, 0.2) is 0 Å². The van der Waals surface area contributed by atoms with Crippen molar-refractivity contribution < 1.29 is 0 Å². The van der Waals surface area contributed by atoms with Gasteiger partial charge in [-0.05, 0) is 38.3 Å². The third-order valence-electron chi connectivity index (χ3n) is 2.33. The minimum atomic E-state index is 0.989. The van der Waals surface area contributed by atoms with E-state index in [0.29, 0.717) is 0 Å². The molecule has 0 heterocycles. The van der Waals surface area contributed by atoms with E-state index in [2.05, 4.69) is 29.9 Å². The molecule has 0 atom stereocenters. The van der Waals surface area contributed by atoms with E-state index in [1.54, 1.807) is 0 Å². The molecule has 1 aliphatic carbocycles. The van der Waals surface area contributed by atoms with Gasteiger partial charge in [0, 0.05) is 12.7 Å². The van der Waals surface area contributed by atoms with Crippen molar-refractivity contribution in [2.75, 3.05) is 7.05 Å². The van der Waals surface area contributed by atoms with Crippen LogP contribution in [0.5, 0.6) is 0 Å². The average Bonchev–Trinajstić information content (AvgIpc) is 2.19. The number of hydrogen-bond donors (Lipinski definition) is 0. The molecule has 0 saturated heterocycles. The highest BCUT2D eigenvalue weighted by Gasteiger charge is 2.04. The Balaban J connectivity index is 2.70. The van der Waals surface area contributed by atoms with Crippen LogP contribution >= 0.6 is 0 Å². The van der Waals surface area contributed by atoms with Crippen LogP contribution in [-0.4, -0.2) is 17.8 Å². The summed E-state index contributed by atoms with van der Waals surface area (Å²) in [4.78, 5) is 0. The fraction of sp³-hybridized carbons (Fsp3) is 0.417. The summed E-state index contributed by atoms with van der Waals surface area (Å²) >= 11 is 0. The molecule has 0 bridgehead atoms. The summed E-state index contributed by atoms with van der Waals surface area (Å²) in [5.74, 6) is 0. The fourth-order valence-electron chi connectivity index (χ4n) is 1.23. The molecule has 2 nitrogen and oxygen atoms in total. The molecular weight excluding hydrogens is 172 g/mol. The molecule has 0 spiro atoms. The maximum atomic E-state index is 4.45. The third kappa shape index (κ3) is 2.87. The Hall–Kier alpha value is -1.31. The van der Waals surface area contributed by atoms with Crippen molar-refractivity contribution in [3.05, 3.63) is 36.1 Å². The van der Waals surface area contributed by atoms with Crippen LogP contribution in [-0.2, 0) is 0 Å². The highest BCUT2D eigenvalue weighted by atomic mass is 15.4. The first-order valence-electron chi connectivity index (χ1n) is 4.92. The van der Waals surface area contributed by atoms with E-state index in [0.717, 1.165) is 24.1 Å². The predicted octanol–water partition coefficient (Wildman–Crippen LogP) is 3.10. The third-order valence-corrected chi connectivity index (χ3v) is 2.33. The van der Waals surface area contributed by atoms with E-state index in [-0.39, 0.29) is 0 Å². The molecule has 0 saturated carbocycles. The number of hydrogen-bond acceptors (Lipinski definition) is 2. The molecular formula is C12H18N2. The monoisotopic (exact) mass is 190 g/mol. The second-order valence-electron chi connectivity index (χ2n) is 3.61. The summed E-state index contributed by atoms with van der Waals surface area (Å²) < 4.78 is 0. The molecule has 0 aromatic heterocycles. The standard InChI is InChI=1S/C12H18N2/c1-10(2)11(3)13-14(4)12-8-6-5-7-9-12/h5-6,8H,1,7,9H2,2-4H3/b13-11-. The Morgan fingerprint density at radius 3 is 2.71 bits per heavy atom. The minimum Gasteiger partial charge on any atom is -0.272 e. The number of hydrazone groups is 1. The van der Waals surface area contributed by atoms with Crippen molar-refractivity contribution in [3.63, 3.8) is 0 Å². The molecule has 0 amide bonds. The normalized spacial score (nSPS) is 16.5. The van der Waals surface area contributed by atoms with Crippen LogP contribution in [0.2, 0.25) is 0 Å². The van der Waals surface area contributed by atoms with Crippen LogP contribution in [0, 0.1) is 0 Å². The maximum Gasteiger partial charge on any atom is 0.0601 e. The zero-order valence-corrected chi connectivity index (χ0v) is 9.25. The van der Waals surface area contributed by atoms with Crippen LogP contribution in [0.15, 0.2) is 41.2 Å². The van der Waals surface area contributed by atoms with Crippen molar-refractivity contribution in [3.8, 4) is 0 Å². The van der Waals surface area contributed by atoms with E-state index in [1.165, 1.54) is 5.70 Å².